The summed E-state index contributed by atoms with van der Waals surface area (Å²) >= 11 is 5.45. The van der Waals surface area contributed by atoms with E-state index < -0.39 is 0 Å². The number of alkyl halides is 1. The summed E-state index contributed by atoms with van der Waals surface area (Å²) in [4.78, 5) is 0. The minimum atomic E-state index is 0.594. The predicted molar refractivity (Wildman–Crippen MR) is 42.5 cm³/mol. The minimum Gasteiger partial charge on any atom is -0.122 e. The molecule has 1 heteroatoms. The quantitative estimate of drug-likeness (QED) is 0.323. The van der Waals surface area contributed by atoms with Crippen molar-refractivity contribution in [3.05, 3.63) is 11.6 Å². The van der Waals surface area contributed by atoms with E-state index in [1.165, 1.54) is 5.57 Å². The van der Waals surface area contributed by atoms with Crippen LogP contribution in [0.25, 0.3) is 0 Å². The Kier molecular flexibility index (Phi) is 5.46. The molecule has 0 saturated carbocycles. The fraction of sp³-hybridized carbons (Fsp3) is 0.500. The van der Waals surface area contributed by atoms with Gasteiger partial charge in [-0.15, -0.1) is 23.9 Å². The molecule has 0 atom stereocenters. The predicted octanol–water partition coefficient (Wildman–Crippen LogP) is 2.58. The normalized spacial score (nSPS) is 11.0. The average Bonchev–Trinajstić information content (AvgIpc) is 1.85. The van der Waals surface area contributed by atoms with Crippen molar-refractivity contribution >= 4 is 11.6 Å². The molecule has 0 aromatic carbocycles. The first-order chi connectivity index (χ1) is 4.31. The topological polar surface area (TPSA) is 0 Å². The Hall–Kier alpha value is -0.410. The molecule has 0 nitrogen and oxygen atoms in total. The number of hydrogen-bond acceptors (Lipinski definition) is 0. The van der Waals surface area contributed by atoms with E-state index >= 15 is 0 Å². The maximum absolute atomic E-state index is 5.45. The van der Waals surface area contributed by atoms with Crippen LogP contribution in [-0.2, 0) is 0 Å². The van der Waals surface area contributed by atoms with E-state index in [1.807, 2.05) is 13.0 Å². The largest absolute Gasteiger partial charge is 0.122 e. The Morgan fingerprint density at radius 1 is 1.78 bits per heavy atom. The van der Waals surface area contributed by atoms with Gasteiger partial charge in [-0.3, -0.25) is 0 Å². The van der Waals surface area contributed by atoms with Gasteiger partial charge in [-0.25, -0.2) is 0 Å². The smallest absolute Gasteiger partial charge is 0.0406 e. The Labute approximate surface area is 61.9 Å². The van der Waals surface area contributed by atoms with Gasteiger partial charge < -0.3 is 0 Å². The van der Waals surface area contributed by atoms with Crippen molar-refractivity contribution in [3.63, 3.8) is 0 Å². The summed E-state index contributed by atoms with van der Waals surface area (Å²) in [7, 11) is 0. The van der Waals surface area contributed by atoms with Gasteiger partial charge in [-0.05, 0) is 13.3 Å². The second kappa shape index (κ2) is 5.72. The number of rotatable bonds is 3. The monoisotopic (exact) mass is 142 g/mol. The van der Waals surface area contributed by atoms with Crippen LogP contribution in [0.4, 0.5) is 0 Å². The van der Waals surface area contributed by atoms with Crippen LogP contribution in [-0.4, -0.2) is 5.88 Å². The maximum atomic E-state index is 5.45. The molecule has 0 saturated heterocycles. The summed E-state index contributed by atoms with van der Waals surface area (Å²) in [6.45, 7) is 2.04. The molecule has 0 amide bonds. The van der Waals surface area contributed by atoms with E-state index in [1.54, 1.807) is 0 Å². The highest BCUT2D eigenvalue weighted by atomic mass is 35.5. The molecule has 0 radical (unpaired) electrons. The fourth-order valence-electron chi connectivity index (χ4n) is 0.503. The van der Waals surface area contributed by atoms with Gasteiger partial charge in [-0.1, -0.05) is 11.6 Å². The second-order valence-corrected chi connectivity index (χ2v) is 2.22. The van der Waals surface area contributed by atoms with Crippen molar-refractivity contribution in [2.45, 2.75) is 19.8 Å². The first-order valence-corrected chi connectivity index (χ1v) is 3.49. The summed E-state index contributed by atoms with van der Waals surface area (Å²) in [6, 6.07) is 0. The van der Waals surface area contributed by atoms with Gasteiger partial charge in [0, 0.05) is 12.3 Å². The van der Waals surface area contributed by atoms with Gasteiger partial charge in [0.05, 0.1) is 0 Å². The van der Waals surface area contributed by atoms with Crippen molar-refractivity contribution in [1.29, 1.82) is 0 Å². The lowest BCUT2D eigenvalue weighted by Gasteiger charge is -1.92. The van der Waals surface area contributed by atoms with Crippen molar-refractivity contribution in [2.24, 2.45) is 0 Å². The van der Waals surface area contributed by atoms with Gasteiger partial charge >= 0.3 is 0 Å². The molecule has 0 unspecified atom stereocenters. The van der Waals surface area contributed by atoms with E-state index in [-0.39, 0.29) is 0 Å². The highest BCUT2D eigenvalue weighted by molar-refractivity contribution is 6.18. The van der Waals surface area contributed by atoms with Crippen LogP contribution in [0.2, 0.25) is 0 Å². The highest BCUT2D eigenvalue weighted by Crippen LogP contribution is 2.02. The van der Waals surface area contributed by atoms with E-state index in [0.29, 0.717) is 5.88 Å². The first-order valence-electron chi connectivity index (χ1n) is 2.96. The Morgan fingerprint density at radius 2 is 2.44 bits per heavy atom. The van der Waals surface area contributed by atoms with Crippen LogP contribution < -0.4 is 0 Å². The van der Waals surface area contributed by atoms with E-state index in [2.05, 4.69) is 5.92 Å². The second-order valence-electron chi connectivity index (χ2n) is 1.91. The zero-order valence-corrected chi connectivity index (χ0v) is 6.41. The van der Waals surface area contributed by atoms with Crippen molar-refractivity contribution in [2.75, 3.05) is 5.88 Å². The highest BCUT2D eigenvalue weighted by Gasteiger charge is 1.84. The molecule has 0 aliphatic heterocycles. The van der Waals surface area contributed by atoms with Crippen LogP contribution in [0.3, 0.4) is 0 Å². The molecule has 0 aromatic heterocycles. The van der Waals surface area contributed by atoms with Gasteiger partial charge in [0.2, 0.25) is 0 Å². The molecule has 0 bridgehead atoms. The molecule has 0 fully saturated rings. The van der Waals surface area contributed by atoms with Crippen LogP contribution in [0, 0.1) is 12.3 Å². The molecule has 0 spiro atoms. The number of allylic oxidation sites excluding steroid dienone is 2. The van der Waals surface area contributed by atoms with Crippen molar-refractivity contribution in [1.82, 2.24) is 0 Å². The number of terminal acetylenes is 1. The molecule has 9 heavy (non-hydrogen) atoms. The van der Waals surface area contributed by atoms with E-state index in [9.17, 15) is 0 Å². The van der Waals surface area contributed by atoms with Crippen LogP contribution >= 0.6 is 11.6 Å². The summed E-state index contributed by atoms with van der Waals surface area (Å²) in [5.74, 6) is 3.17. The Balaban J connectivity index is 3.40. The lowest BCUT2D eigenvalue weighted by Crippen LogP contribution is -1.75. The third kappa shape index (κ3) is 5.46. The summed E-state index contributed by atoms with van der Waals surface area (Å²) in [5.41, 5.74) is 1.28. The van der Waals surface area contributed by atoms with E-state index in [4.69, 9.17) is 18.0 Å². The van der Waals surface area contributed by atoms with Crippen LogP contribution in [0.15, 0.2) is 11.6 Å². The summed E-state index contributed by atoms with van der Waals surface area (Å²) in [5, 5.41) is 0. The van der Waals surface area contributed by atoms with Crippen molar-refractivity contribution < 1.29 is 0 Å². The van der Waals surface area contributed by atoms with E-state index in [0.717, 1.165) is 12.8 Å². The first kappa shape index (κ1) is 8.59. The maximum Gasteiger partial charge on any atom is 0.0406 e. The van der Waals surface area contributed by atoms with Gasteiger partial charge in [-0.2, -0.15) is 0 Å². The Bertz CT molecular complexity index is 128. The summed E-state index contributed by atoms with van der Waals surface area (Å²) in [6.07, 6.45) is 8.84. The standard InChI is InChI=1S/C8H11Cl/c1-3-4-5-8(2)6-7-9/h1,6H,4-5,7H2,2H3/b8-6-. The minimum absolute atomic E-state index is 0.594. The molecule has 0 aromatic rings. The molecule has 0 aliphatic rings. The lowest BCUT2D eigenvalue weighted by molar-refractivity contribution is 0.999. The summed E-state index contributed by atoms with van der Waals surface area (Å²) < 4.78 is 0. The Morgan fingerprint density at radius 3 is 2.89 bits per heavy atom. The average molecular weight is 143 g/mol. The van der Waals surface area contributed by atoms with Crippen molar-refractivity contribution in [3.8, 4) is 12.3 Å². The SMILES string of the molecule is C#CCC/C(C)=C\CCl. The van der Waals surface area contributed by atoms with Gasteiger partial charge in [0.15, 0.2) is 0 Å². The van der Waals surface area contributed by atoms with Crippen LogP contribution in [0.5, 0.6) is 0 Å². The third-order valence-electron chi connectivity index (χ3n) is 1.09. The molecule has 0 heterocycles. The van der Waals surface area contributed by atoms with Crippen LogP contribution in [0.1, 0.15) is 19.8 Å². The molecule has 0 aliphatic carbocycles. The molecule has 0 N–H and O–H groups in total. The molecule has 50 valence electrons. The lowest BCUT2D eigenvalue weighted by atomic mass is 10.2. The zero-order chi connectivity index (χ0) is 7.11. The zero-order valence-electron chi connectivity index (χ0n) is 5.65. The van der Waals surface area contributed by atoms with Gasteiger partial charge in [0.1, 0.15) is 0 Å². The molecular formula is C8H11Cl. The number of hydrogen-bond donors (Lipinski definition) is 0. The molecular weight excluding hydrogens is 132 g/mol. The third-order valence-corrected chi connectivity index (χ3v) is 1.24. The number of halogens is 1. The molecule has 0 rings (SSSR count). The fourth-order valence-corrected chi connectivity index (χ4v) is 0.767. The van der Waals surface area contributed by atoms with Gasteiger partial charge in [0.25, 0.3) is 0 Å².